The van der Waals surface area contributed by atoms with Crippen molar-refractivity contribution in [3.63, 3.8) is 0 Å². The van der Waals surface area contributed by atoms with Gasteiger partial charge in [-0.2, -0.15) is 0 Å². The smallest absolute Gasteiger partial charge is 0.131 e. The third kappa shape index (κ3) is 3.61. The average molecular weight is 368 g/mol. The molecule has 0 bridgehead atoms. The number of nitrogens with zero attached hydrogens (tertiary/aromatic N) is 4. The summed E-state index contributed by atoms with van der Waals surface area (Å²) in [5.74, 6) is -0.218. The summed E-state index contributed by atoms with van der Waals surface area (Å²) in [4.78, 5) is 5.62. The van der Waals surface area contributed by atoms with Gasteiger partial charge >= 0.3 is 0 Å². The van der Waals surface area contributed by atoms with Crippen LogP contribution in [-0.2, 0) is 6.54 Å². The fourth-order valence-electron chi connectivity index (χ4n) is 3.36. The highest BCUT2D eigenvalue weighted by atomic mass is 32.1. The molecule has 2 aromatic carbocycles. The van der Waals surface area contributed by atoms with E-state index >= 15 is 0 Å². The van der Waals surface area contributed by atoms with Crippen LogP contribution in [0.5, 0.6) is 0 Å². The number of anilines is 1. The molecule has 2 heterocycles. The van der Waals surface area contributed by atoms with Gasteiger partial charge in [-0.25, -0.2) is 4.39 Å². The van der Waals surface area contributed by atoms with Crippen LogP contribution in [0.4, 0.5) is 10.1 Å². The van der Waals surface area contributed by atoms with E-state index in [2.05, 4.69) is 50.6 Å². The van der Waals surface area contributed by atoms with Crippen molar-refractivity contribution < 1.29 is 4.39 Å². The number of rotatable bonds is 4. The summed E-state index contributed by atoms with van der Waals surface area (Å²) in [6.07, 6.45) is 0. The van der Waals surface area contributed by atoms with E-state index in [0.717, 1.165) is 36.8 Å². The molecule has 0 amide bonds. The van der Waals surface area contributed by atoms with Gasteiger partial charge in [0, 0.05) is 44.0 Å². The van der Waals surface area contributed by atoms with Crippen molar-refractivity contribution in [2.45, 2.75) is 13.5 Å². The van der Waals surface area contributed by atoms with Gasteiger partial charge in [-0.15, -0.1) is 5.10 Å². The second-order valence-corrected chi connectivity index (χ2v) is 7.38. The molecule has 0 spiro atoms. The zero-order valence-electron chi connectivity index (χ0n) is 14.7. The summed E-state index contributed by atoms with van der Waals surface area (Å²) >= 11 is 1.27. The zero-order valence-corrected chi connectivity index (χ0v) is 15.5. The third-order valence-corrected chi connectivity index (χ3v) is 5.59. The predicted octanol–water partition coefficient (Wildman–Crippen LogP) is 3.97. The van der Waals surface area contributed by atoms with Crippen LogP contribution in [0, 0.1) is 12.7 Å². The summed E-state index contributed by atoms with van der Waals surface area (Å²) in [5, 5.41) is 4.26. The number of halogens is 1. The van der Waals surface area contributed by atoms with Crippen LogP contribution in [-0.4, -0.2) is 40.7 Å². The molecule has 134 valence electrons. The van der Waals surface area contributed by atoms with E-state index in [9.17, 15) is 4.39 Å². The van der Waals surface area contributed by atoms with Gasteiger partial charge in [0.1, 0.15) is 5.82 Å². The zero-order chi connectivity index (χ0) is 17.9. The van der Waals surface area contributed by atoms with Crippen LogP contribution in [0.3, 0.4) is 0 Å². The molecule has 1 fully saturated rings. The van der Waals surface area contributed by atoms with Crippen molar-refractivity contribution in [1.29, 1.82) is 0 Å². The molecule has 1 aromatic heterocycles. The molecule has 0 N–H and O–H groups in total. The van der Waals surface area contributed by atoms with Crippen LogP contribution in [0.1, 0.15) is 11.3 Å². The highest BCUT2D eigenvalue weighted by Gasteiger charge is 2.21. The van der Waals surface area contributed by atoms with Crippen LogP contribution in [0.15, 0.2) is 48.5 Å². The molecule has 0 saturated carbocycles. The minimum Gasteiger partial charge on any atom is -0.369 e. The normalized spacial score (nSPS) is 15.4. The monoisotopic (exact) mass is 368 g/mol. The number of piperazine rings is 1. The van der Waals surface area contributed by atoms with Crippen LogP contribution >= 0.6 is 11.5 Å². The first-order valence-corrected chi connectivity index (χ1v) is 9.58. The Hall–Kier alpha value is -2.31. The van der Waals surface area contributed by atoms with Gasteiger partial charge in [0.15, 0.2) is 0 Å². The largest absolute Gasteiger partial charge is 0.369 e. The van der Waals surface area contributed by atoms with Gasteiger partial charge in [-0.05, 0) is 42.2 Å². The number of hydrogen-bond acceptors (Lipinski definition) is 5. The molecule has 0 atom stereocenters. The third-order valence-electron chi connectivity index (χ3n) is 4.79. The second kappa shape index (κ2) is 7.51. The number of aromatic nitrogens is 2. The molecule has 1 aliphatic heterocycles. The van der Waals surface area contributed by atoms with E-state index in [-0.39, 0.29) is 5.82 Å². The molecular formula is C20H21FN4S. The standard InChI is InChI=1S/C20H21FN4S/c1-15-5-4-6-16(13-15)25-11-9-24(10-12-25)14-19-20(26-23-22-19)17-7-2-3-8-18(17)21/h2-8,13H,9-12,14H2,1H3. The highest BCUT2D eigenvalue weighted by molar-refractivity contribution is 7.09. The Morgan fingerprint density at radius 3 is 2.62 bits per heavy atom. The van der Waals surface area contributed by atoms with Crippen LogP contribution < -0.4 is 4.90 Å². The maximum absolute atomic E-state index is 14.1. The number of hydrogen-bond donors (Lipinski definition) is 0. The Labute approximate surface area is 157 Å². The van der Waals surface area contributed by atoms with E-state index in [1.54, 1.807) is 12.1 Å². The molecule has 1 aliphatic rings. The number of benzene rings is 2. The van der Waals surface area contributed by atoms with Crippen molar-refractivity contribution >= 4 is 17.2 Å². The lowest BCUT2D eigenvalue weighted by Crippen LogP contribution is -2.46. The molecule has 3 aromatic rings. The fourth-order valence-corrected chi connectivity index (χ4v) is 4.06. The van der Waals surface area contributed by atoms with Crippen molar-refractivity contribution in [3.05, 3.63) is 65.6 Å². The summed E-state index contributed by atoms with van der Waals surface area (Å²) in [5.41, 5.74) is 4.03. The lowest BCUT2D eigenvalue weighted by molar-refractivity contribution is 0.247. The van der Waals surface area contributed by atoms with Gasteiger partial charge in [0.2, 0.25) is 0 Å². The first kappa shape index (κ1) is 17.1. The van der Waals surface area contributed by atoms with Gasteiger partial charge in [-0.3, -0.25) is 4.90 Å². The Morgan fingerprint density at radius 2 is 1.85 bits per heavy atom. The Kier molecular flexibility index (Phi) is 4.95. The Bertz CT molecular complexity index is 887. The molecule has 1 saturated heterocycles. The van der Waals surface area contributed by atoms with E-state index in [4.69, 9.17) is 0 Å². The van der Waals surface area contributed by atoms with E-state index in [0.29, 0.717) is 12.1 Å². The molecule has 4 nitrogen and oxygen atoms in total. The molecule has 0 unspecified atom stereocenters. The Morgan fingerprint density at radius 1 is 1.04 bits per heavy atom. The first-order chi connectivity index (χ1) is 12.7. The minimum absolute atomic E-state index is 0.218. The predicted molar refractivity (Wildman–Crippen MR) is 104 cm³/mol. The fraction of sp³-hybridized carbons (Fsp3) is 0.300. The van der Waals surface area contributed by atoms with Crippen molar-refractivity contribution in [1.82, 2.24) is 14.5 Å². The summed E-state index contributed by atoms with van der Waals surface area (Å²) in [7, 11) is 0. The quantitative estimate of drug-likeness (QED) is 0.697. The Balaban J connectivity index is 1.43. The molecule has 0 radical (unpaired) electrons. The lowest BCUT2D eigenvalue weighted by atomic mass is 10.1. The number of aryl methyl sites for hydroxylation is 1. The summed E-state index contributed by atoms with van der Waals surface area (Å²) in [6.45, 7) is 6.72. The highest BCUT2D eigenvalue weighted by Crippen LogP contribution is 2.29. The van der Waals surface area contributed by atoms with Crippen LogP contribution in [0.25, 0.3) is 10.4 Å². The molecule has 6 heteroatoms. The molecule has 4 rings (SSSR count). The van der Waals surface area contributed by atoms with E-state index < -0.39 is 0 Å². The summed E-state index contributed by atoms with van der Waals surface area (Å²) in [6, 6.07) is 15.5. The maximum Gasteiger partial charge on any atom is 0.131 e. The van der Waals surface area contributed by atoms with Crippen molar-refractivity contribution in [3.8, 4) is 10.4 Å². The minimum atomic E-state index is -0.218. The van der Waals surface area contributed by atoms with Crippen LogP contribution in [0.2, 0.25) is 0 Å². The van der Waals surface area contributed by atoms with E-state index in [1.165, 1.54) is 28.8 Å². The SMILES string of the molecule is Cc1cccc(N2CCN(Cc3nnsc3-c3ccccc3F)CC2)c1. The van der Waals surface area contributed by atoms with Crippen molar-refractivity contribution in [2.75, 3.05) is 31.1 Å². The van der Waals surface area contributed by atoms with Crippen molar-refractivity contribution in [2.24, 2.45) is 0 Å². The van der Waals surface area contributed by atoms with E-state index in [1.807, 2.05) is 6.07 Å². The molecule has 26 heavy (non-hydrogen) atoms. The molecule has 0 aliphatic carbocycles. The lowest BCUT2D eigenvalue weighted by Gasteiger charge is -2.36. The molecular weight excluding hydrogens is 347 g/mol. The topological polar surface area (TPSA) is 32.3 Å². The van der Waals surface area contributed by atoms with Gasteiger partial charge < -0.3 is 4.90 Å². The average Bonchev–Trinajstić information content (AvgIpc) is 3.11. The maximum atomic E-state index is 14.1. The van der Waals surface area contributed by atoms with Gasteiger partial charge in [-0.1, -0.05) is 34.8 Å². The summed E-state index contributed by atoms with van der Waals surface area (Å²) < 4.78 is 18.2. The first-order valence-electron chi connectivity index (χ1n) is 8.81. The second-order valence-electron chi connectivity index (χ2n) is 6.63. The van der Waals surface area contributed by atoms with Gasteiger partial charge in [0.25, 0.3) is 0 Å². The van der Waals surface area contributed by atoms with Gasteiger partial charge in [0.05, 0.1) is 10.6 Å².